The largest absolute Gasteiger partial charge is 0.491 e. The summed E-state index contributed by atoms with van der Waals surface area (Å²) < 4.78 is 6.31. The Hall–Kier alpha value is -3.08. The Bertz CT molecular complexity index is 986. The topological polar surface area (TPSA) is 40.4 Å². The lowest BCUT2D eigenvalue weighted by Gasteiger charge is -2.35. The first-order valence-electron chi connectivity index (χ1n) is 10.0. The van der Waals surface area contributed by atoms with Crippen LogP contribution in [0.2, 0.25) is 0 Å². The van der Waals surface area contributed by atoms with Gasteiger partial charge < -0.3 is 9.64 Å². The molecule has 1 saturated heterocycles. The van der Waals surface area contributed by atoms with E-state index in [9.17, 15) is 0 Å². The molecule has 0 bridgehead atoms. The molecule has 28 heavy (non-hydrogen) atoms. The van der Waals surface area contributed by atoms with E-state index in [0.29, 0.717) is 12.6 Å². The predicted molar refractivity (Wildman–Crippen MR) is 113 cm³/mol. The van der Waals surface area contributed by atoms with Crippen molar-refractivity contribution in [1.29, 1.82) is 0 Å². The van der Waals surface area contributed by atoms with Gasteiger partial charge in [0.2, 0.25) is 0 Å². The van der Waals surface area contributed by atoms with Crippen molar-refractivity contribution >= 4 is 23.2 Å². The van der Waals surface area contributed by atoms with Gasteiger partial charge in [0.15, 0.2) is 5.82 Å². The summed E-state index contributed by atoms with van der Waals surface area (Å²) in [5.41, 5.74) is 0. The Balaban J connectivity index is 1.36. The SMILES string of the molecule is C1=NC2=CCCC=NN2C(N2CCCC2COc2cccc3ccccc23)=C1. The van der Waals surface area contributed by atoms with Crippen LogP contribution < -0.4 is 4.74 Å². The second-order valence-corrected chi connectivity index (χ2v) is 7.33. The molecule has 0 aliphatic carbocycles. The molecule has 0 aromatic heterocycles. The van der Waals surface area contributed by atoms with Gasteiger partial charge in [0, 0.05) is 24.4 Å². The van der Waals surface area contributed by atoms with Gasteiger partial charge in [-0.1, -0.05) is 36.4 Å². The fourth-order valence-corrected chi connectivity index (χ4v) is 4.14. The van der Waals surface area contributed by atoms with E-state index in [1.165, 1.54) is 10.8 Å². The third-order valence-corrected chi connectivity index (χ3v) is 5.54. The van der Waals surface area contributed by atoms with Crippen molar-refractivity contribution in [2.24, 2.45) is 10.1 Å². The van der Waals surface area contributed by atoms with E-state index >= 15 is 0 Å². The van der Waals surface area contributed by atoms with E-state index in [1.54, 1.807) is 0 Å². The number of hydrogen-bond donors (Lipinski definition) is 0. The van der Waals surface area contributed by atoms with Crippen LogP contribution in [0.25, 0.3) is 10.8 Å². The fraction of sp³-hybridized carbons (Fsp3) is 0.304. The summed E-state index contributed by atoms with van der Waals surface area (Å²) in [6, 6.07) is 15.0. The number of benzene rings is 2. The Morgan fingerprint density at radius 3 is 3.00 bits per heavy atom. The Labute approximate surface area is 165 Å². The van der Waals surface area contributed by atoms with E-state index in [2.05, 4.69) is 69.6 Å². The van der Waals surface area contributed by atoms with Crippen LogP contribution in [0.1, 0.15) is 25.7 Å². The summed E-state index contributed by atoms with van der Waals surface area (Å²) in [6.07, 6.45) is 12.3. The number of ether oxygens (including phenoxy) is 1. The van der Waals surface area contributed by atoms with E-state index in [0.717, 1.165) is 49.6 Å². The molecule has 3 aliphatic heterocycles. The highest BCUT2D eigenvalue weighted by molar-refractivity contribution is 5.88. The average molecular weight is 372 g/mol. The maximum absolute atomic E-state index is 6.31. The Kier molecular flexibility index (Phi) is 4.57. The van der Waals surface area contributed by atoms with Gasteiger partial charge in [-0.3, -0.25) is 0 Å². The maximum Gasteiger partial charge on any atom is 0.151 e. The maximum atomic E-state index is 6.31. The van der Waals surface area contributed by atoms with Gasteiger partial charge in [0.05, 0.1) is 6.04 Å². The highest BCUT2D eigenvalue weighted by atomic mass is 16.5. The Morgan fingerprint density at radius 1 is 1.07 bits per heavy atom. The third kappa shape index (κ3) is 3.17. The predicted octanol–water partition coefficient (Wildman–Crippen LogP) is 4.53. The van der Waals surface area contributed by atoms with Gasteiger partial charge >= 0.3 is 0 Å². The van der Waals surface area contributed by atoms with Crippen LogP contribution in [0.5, 0.6) is 5.75 Å². The van der Waals surface area contributed by atoms with Crippen LogP contribution in [0, 0.1) is 0 Å². The van der Waals surface area contributed by atoms with E-state index in [-0.39, 0.29) is 0 Å². The van der Waals surface area contributed by atoms with E-state index in [1.807, 2.05) is 17.4 Å². The van der Waals surface area contributed by atoms with Crippen LogP contribution in [-0.4, -0.2) is 41.5 Å². The van der Waals surface area contributed by atoms with Crippen molar-refractivity contribution < 1.29 is 4.74 Å². The van der Waals surface area contributed by atoms with Crippen LogP contribution in [-0.2, 0) is 0 Å². The normalized spacial score (nSPS) is 21.4. The molecule has 0 N–H and O–H groups in total. The van der Waals surface area contributed by atoms with Gasteiger partial charge in [0.25, 0.3) is 0 Å². The lowest BCUT2D eigenvalue weighted by atomic mass is 10.1. The molecule has 3 heterocycles. The standard InChI is InChI=1S/C23H24N4O/c1-2-10-20-18(7-1)8-5-11-21(20)28-17-19-9-6-16-26(19)23-13-15-24-22-12-3-4-14-25-27(22)23/h1-2,5,7-8,10-15,19H,3-4,6,9,16-17H2. The minimum atomic E-state index is 0.330. The monoisotopic (exact) mass is 372 g/mol. The molecule has 2 aromatic carbocycles. The molecular formula is C23H24N4O. The molecule has 0 saturated carbocycles. The average Bonchev–Trinajstić information content (AvgIpc) is 3.07. The van der Waals surface area contributed by atoms with Crippen molar-refractivity contribution in [2.75, 3.05) is 13.2 Å². The van der Waals surface area contributed by atoms with Crippen LogP contribution in [0.3, 0.4) is 0 Å². The molecule has 0 radical (unpaired) electrons. The van der Waals surface area contributed by atoms with Crippen molar-refractivity contribution in [1.82, 2.24) is 9.91 Å². The molecule has 5 heteroatoms. The first-order chi connectivity index (χ1) is 13.9. The summed E-state index contributed by atoms with van der Waals surface area (Å²) in [5.74, 6) is 2.98. The van der Waals surface area contributed by atoms with Crippen LogP contribution in [0.15, 0.2) is 76.4 Å². The minimum Gasteiger partial charge on any atom is -0.491 e. The highest BCUT2D eigenvalue weighted by Gasteiger charge is 2.32. The van der Waals surface area contributed by atoms with Gasteiger partial charge in [-0.25, -0.2) is 4.99 Å². The van der Waals surface area contributed by atoms with Crippen LogP contribution in [0.4, 0.5) is 0 Å². The summed E-state index contributed by atoms with van der Waals surface area (Å²) >= 11 is 0. The lowest BCUT2D eigenvalue weighted by Crippen LogP contribution is -2.39. The fourth-order valence-electron chi connectivity index (χ4n) is 4.14. The van der Waals surface area contributed by atoms with Gasteiger partial charge in [-0.15, -0.1) is 0 Å². The zero-order chi connectivity index (χ0) is 18.8. The molecule has 0 spiro atoms. The molecule has 1 unspecified atom stereocenters. The second-order valence-electron chi connectivity index (χ2n) is 7.33. The van der Waals surface area contributed by atoms with Gasteiger partial charge in [-0.05, 0) is 49.3 Å². The quantitative estimate of drug-likeness (QED) is 0.792. The Morgan fingerprint density at radius 2 is 2.00 bits per heavy atom. The third-order valence-electron chi connectivity index (χ3n) is 5.54. The number of hydrazone groups is 1. The summed E-state index contributed by atoms with van der Waals surface area (Å²) in [6.45, 7) is 1.68. The zero-order valence-electron chi connectivity index (χ0n) is 15.9. The number of fused-ring (bicyclic) bond motifs is 2. The first-order valence-corrected chi connectivity index (χ1v) is 10.0. The molecule has 3 aliphatic rings. The first kappa shape index (κ1) is 17.0. The minimum absolute atomic E-state index is 0.330. The van der Waals surface area contributed by atoms with Crippen molar-refractivity contribution in [3.8, 4) is 5.75 Å². The highest BCUT2D eigenvalue weighted by Crippen LogP contribution is 2.31. The number of hydrogen-bond acceptors (Lipinski definition) is 5. The zero-order valence-corrected chi connectivity index (χ0v) is 15.9. The molecule has 142 valence electrons. The smallest absolute Gasteiger partial charge is 0.151 e. The summed E-state index contributed by atoms with van der Waals surface area (Å²) in [4.78, 5) is 6.92. The van der Waals surface area contributed by atoms with E-state index in [4.69, 9.17) is 4.74 Å². The van der Waals surface area contributed by atoms with Gasteiger partial charge in [0.1, 0.15) is 18.2 Å². The number of allylic oxidation sites excluding steroid dienone is 2. The molecule has 5 rings (SSSR count). The van der Waals surface area contributed by atoms with Crippen molar-refractivity contribution in [2.45, 2.75) is 31.7 Å². The number of nitrogens with zero attached hydrogens (tertiary/aromatic N) is 4. The van der Waals surface area contributed by atoms with Crippen molar-refractivity contribution in [3.05, 3.63) is 66.3 Å². The molecule has 2 aromatic rings. The molecular weight excluding hydrogens is 348 g/mol. The number of rotatable bonds is 4. The number of likely N-dealkylation sites (tertiary alicyclic amines) is 1. The van der Waals surface area contributed by atoms with Crippen LogP contribution >= 0.6 is 0 Å². The van der Waals surface area contributed by atoms with E-state index < -0.39 is 0 Å². The summed E-state index contributed by atoms with van der Waals surface area (Å²) in [5, 5.41) is 8.99. The number of aliphatic imine (C=N–C) groups is 1. The van der Waals surface area contributed by atoms with Crippen molar-refractivity contribution in [3.63, 3.8) is 0 Å². The molecule has 1 atom stereocenters. The van der Waals surface area contributed by atoms with Gasteiger partial charge in [-0.2, -0.15) is 10.1 Å². The second kappa shape index (κ2) is 7.50. The molecule has 0 amide bonds. The molecule has 1 fully saturated rings. The summed E-state index contributed by atoms with van der Waals surface area (Å²) in [7, 11) is 0. The lowest BCUT2D eigenvalue weighted by molar-refractivity contribution is 0.168. The molecule has 5 nitrogen and oxygen atoms in total.